The molecule has 1 amide bonds. The van der Waals surface area contributed by atoms with Crippen molar-refractivity contribution in [1.29, 1.82) is 5.26 Å². The topological polar surface area (TPSA) is 108 Å². The molecule has 104 valence electrons. The number of nitrogen functional groups attached to an aromatic ring is 1. The van der Waals surface area contributed by atoms with Crippen LogP contribution in [0.25, 0.3) is 0 Å². The molecule has 0 unspecified atom stereocenters. The second-order valence-electron chi connectivity index (χ2n) is 4.69. The Kier molecular flexibility index (Phi) is 5.99. The minimum atomic E-state index is -0.484. The number of nitrogens with two attached hydrogens (primary N) is 1. The molecule has 0 saturated heterocycles. The van der Waals surface area contributed by atoms with Crippen LogP contribution in [0.1, 0.15) is 36.5 Å². The summed E-state index contributed by atoms with van der Waals surface area (Å²) in [4.78, 5) is 13.3. The van der Waals surface area contributed by atoms with Crippen molar-refractivity contribution in [3.63, 3.8) is 0 Å². The Bertz CT molecular complexity index is 449. The number of carbonyl (C=O) groups is 1. The Labute approximate surface area is 112 Å². The summed E-state index contributed by atoms with van der Waals surface area (Å²) in [6.07, 6.45) is 0.455. The number of nitrogens with zero attached hydrogens (tertiary/aromatic N) is 3. The second-order valence-corrected chi connectivity index (χ2v) is 4.69. The van der Waals surface area contributed by atoms with Gasteiger partial charge in [0.05, 0.1) is 12.6 Å². The van der Waals surface area contributed by atoms with Crippen molar-refractivity contribution < 1.29 is 9.32 Å². The molecule has 1 aromatic rings. The monoisotopic (exact) mass is 265 g/mol. The highest BCUT2D eigenvalue weighted by molar-refractivity contribution is 5.91. The van der Waals surface area contributed by atoms with Crippen LogP contribution >= 0.6 is 0 Å². The SMILES string of the molecule is CC(C)CN(CCC#N)Cc1cc(C(=O)NN)no1. The van der Waals surface area contributed by atoms with E-state index in [1.807, 2.05) is 5.43 Å². The predicted octanol–water partition coefficient (Wildman–Crippen LogP) is 0.650. The van der Waals surface area contributed by atoms with Gasteiger partial charge in [-0.3, -0.25) is 15.1 Å². The number of nitriles is 1. The summed E-state index contributed by atoms with van der Waals surface area (Å²) in [5, 5.41) is 12.3. The predicted molar refractivity (Wildman–Crippen MR) is 68.5 cm³/mol. The van der Waals surface area contributed by atoms with E-state index in [0.29, 0.717) is 31.2 Å². The Morgan fingerprint density at radius 3 is 3.00 bits per heavy atom. The number of nitrogens with one attached hydrogen (secondary N) is 1. The first-order valence-electron chi connectivity index (χ1n) is 6.12. The molecule has 3 N–H and O–H groups in total. The molecule has 0 aliphatic rings. The molecule has 1 aromatic heterocycles. The quantitative estimate of drug-likeness (QED) is 0.425. The van der Waals surface area contributed by atoms with Gasteiger partial charge in [0.1, 0.15) is 0 Å². The fraction of sp³-hybridized carbons (Fsp3) is 0.583. The van der Waals surface area contributed by atoms with Crippen molar-refractivity contribution >= 4 is 5.91 Å². The average molecular weight is 265 g/mol. The number of hydrogen-bond acceptors (Lipinski definition) is 6. The summed E-state index contributed by atoms with van der Waals surface area (Å²) in [5.41, 5.74) is 2.15. The number of amides is 1. The van der Waals surface area contributed by atoms with Crippen LogP contribution in [0, 0.1) is 17.2 Å². The Hall–Kier alpha value is -1.91. The zero-order valence-corrected chi connectivity index (χ0v) is 11.2. The minimum absolute atomic E-state index is 0.155. The van der Waals surface area contributed by atoms with Crippen molar-refractivity contribution in [3.8, 4) is 6.07 Å². The van der Waals surface area contributed by atoms with Crippen LogP contribution in [0.2, 0.25) is 0 Å². The van der Waals surface area contributed by atoms with Gasteiger partial charge in [0.2, 0.25) is 0 Å². The van der Waals surface area contributed by atoms with Crippen molar-refractivity contribution in [2.45, 2.75) is 26.8 Å². The summed E-state index contributed by atoms with van der Waals surface area (Å²) < 4.78 is 5.09. The molecule has 19 heavy (non-hydrogen) atoms. The lowest BCUT2D eigenvalue weighted by molar-refractivity contribution is 0.0944. The van der Waals surface area contributed by atoms with Gasteiger partial charge >= 0.3 is 0 Å². The third-order valence-corrected chi connectivity index (χ3v) is 2.47. The molecule has 0 fully saturated rings. The van der Waals surface area contributed by atoms with Crippen LogP contribution in [-0.4, -0.2) is 29.1 Å². The Balaban J connectivity index is 2.65. The lowest BCUT2D eigenvalue weighted by Crippen LogP contribution is -2.30. The molecule has 0 saturated carbocycles. The van der Waals surface area contributed by atoms with Gasteiger partial charge in [0, 0.05) is 25.6 Å². The largest absolute Gasteiger partial charge is 0.359 e. The first kappa shape index (κ1) is 15.1. The van der Waals surface area contributed by atoms with E-state index in [9.17, 15) is 4.79 Å². The van der Waals surface area contributed by atoms with Crippen molar-refractivity contribution in [2.24, 2.45) is 11.8 Å². The number of hydrazine groups is 1. The van der Waals surface area contributed by atoms with Crippen LogP contribution < -0.4 is 11.3 Å². The fourth-order valence-electron chi connectivity index (χ4n) is 1.75. The van der Waals surface area contributed by atoms with E-state index in [1.165, 1.54) is 0 Å². The third kappa shape index (κ3) is 5.07. The van der Waals surface area contributed by atoms with E-state index in [-0.39, 0.29) is 5.69 Å². The van der Waals surface area contributed by atoms with E-state index in [2.05, 4.69) is 30.0 Å². The highest BCUT2D eigenvalue weighted by Crippen LogP contribution is 2.10. The van der Waals surface area contributed by atoms with Crippen molar-refractivity contribution in [3.05, 3.63) is 17.5 Å². The van der Waals surface area contributed by atoms with Crippen LogP contribution in [-0.2, 0) is 6.54 Å². The lowest BCUT2D eigenvalue weighted by atomic mass is 10.2. The van der Waals surface area contributed by atoms with E-state index < -0.39 is 5.91 Å². The molecule has 0 radical (unpaired) electrons. The molecule has 7 heteroatoms. The van der Waals surface area contributed by atoms with Gasteiger partial charge in [0.25, 0.3) is 5.91 Å². The molecule has 7 nitrogen and oxygen atoms in total. The molecule has 0 bridgehead atoms. The molecular weight excluding hydrogens is 246 g/mol. The summed E-state index contributed by atoms with van der Waals surface area (Å²) in [7, 11) is 0. The molecule has 0 aliphatic carbocycles. The zero-order valence-electron chi connectivity index (χ0n) is 11.2. The first-order valence-corrected chi connectivity index (χ1v) is 6.12. The maximum absolute atomic E-state index is 11.2. The van der Waals surface area contributed by atoms with Crippen molar-refractivity contribution in [1.82, 2.24) is 15.5 Å². The van der Waals surface area contributed by atoms with Crippen LogP contribution in [0.4, 0.5) is 0 Å². The molecule has 1 heterocycles. The van der Waals surface area contributed by atoms with E-state index in [1.54, 1.807) is 6.07 Å². The standard InChI is InChI=1S/C12H19N5O2/c1-9(2)7-17(5-3-4-13)8-10-6-11(16-19-10)12(18)15-14/h6,9H,3,5,7-8,14H2,1-2H3,(H,15,18). The van der Waals surface area contributed by atoms with Crippen LogP contribution in [0.5, 0.6) is 0 Å². The molecule has 0 spiro atoms. The van der Waals surface area contributed by atoms with Gasteiger partial charge < -0.3 is 4.52 Å². The number of rotatable bonds is 7. The number of hydrogen-bond donors (Lipinski definition) is 2. The average Bonchev–Trinajstić information content (AvgIpc) is 2.82. The smallest absolute Gasteiger partial charge is 0.287 e. The zero-order chi connectivity index (χ0) is 14.3. The molecular formula is C12H19N5O2. The number of aromatic nitrogens is 1. The van der Waals surface area contributed by atoms with E-state index in [4.69, 9.17) is 15.6 Å². The Morgan fingerprint density at radius 1 is 1.68 bits per heavy atom. The van der Waals surface area contributed by atoms with Crippen LogP contribution in [0.3, 0.4) is 0 Å². The van der Waals surface area contributed by atoms with Gasteiger partial charge in [-0.25, -0.2) is 5.84 Å². The highest BCUT2D eigenvalue weighted by atomic mass is 16.5. The van der Waals surface area contributed by atoms with Gasteiger partial charge in [0.15, 0.2) is 11.5 Å². The van der Waals surface area contributed by atoms with Gasteiger partial charge in [-0.1, -0.05) is 19.0 Å². The summed E-state index contributed by atoms with van der Waals surface area (Å²) in [6, 6.07) is 3.68. The van der Waals surface area contributed by atoms with Gasteiger partial charge in [-0.15, -0.1) is 0 Å². The van der Waals surface area contributed by atoms with Crippen LogP contribution in [0.15, 0.2) is 10.6 Å². The highest BCUT2D eigenvalue weighted by Gasteiger charge is 2.14. The van der Waals surface area contributed by atoms with Crippen molar-refractivity contribution in [2.75, 3.05) is 13.1 Å². The molecule has 1 rings (SSSR count). The summed E-state index contributed by atoms with van der Waals surface area (Å²) >= 11 is 0. The van der Waals surface area contributed by atoms with E-state index >= 15 is 0 Å². The first-order chi connectivity index (χ1) is 9.06. The lowest BCUT2D eigenvalue weighted by Gasteiger charge is -2.21. The molecule has 0 aliphatic heterocycles. The fourth-order valence-corrected chi connectivity index (χ4v) is 1.75. The molecule has 0 aromatic carbocycles. The van der Waals surface area contributed by atoms with E-state index in [0.717, 1.165) is 6.54 Å². The Morgan fingerprint density at radius 2 is 2.42 bits per heavy atom. The minimum Gasteiger partial charge on any atom is -0.359 e. The van der Waals surface area contributed by atoms with Gasteiger partial charge in [-0.2, -0.15) is 5.26 Å². The van der Waals surface area contributed by atoms with Gasteiger partial charge in [-0.05, 0) is 5.92 Å². The summed E-state index contributed by atoms with van der Waals surface area (Å²) in [5.74, 6) is 5.60. The number of carbonyl (C=O) groups excluding carboxylic acids is 1. The summed E-state index contributed by atoms with van der Waals surface area (Å²) in [6.45, 7) is 6.24. The molecule has 0 atom stereocenters. The normalized spacial score (nSPS) is 10.7. The maximum Gasteiger partial charge on any atom is 0.287 e. The maximum atomic E-state index is 11.2. The second kappa shape index (κ2) is 7.51. The third-order valence-electron chi connectivity index (χ3n) is 2.47.